The summed E-state index contributed by atoms with van der Waals surface area (Å²) in [7, 11) is 0. The molecule has 4 heterocycles. The SMILES string of the molecule is O=C(CCC[C@H]1NC[C@@H]2C[C@H]1CN(Cc1ccccc1)C2)N1CCN(c2ncccn2)CC1. The molecule has 2 aromatic rings. The lowest BCUT2D eigenvalue weighted by Gasteiger charge is -2.46. The minimum Gasteiger partial charge on any atom is -0.339 e. The van der Waals surface area contributed by atoms with Gasteiger partial charge in [-0.25, -0.2) is 9.97 Å². The summed E-state index contributed by atoms with van der Waals surface area (Å²) >= 11 is 0. The number of benzene rings is 1. The number of nitrogens with one attached hydrogen (secondary N) is 1. The number of likely N-dealkylation sites (tertiary alicyclic amines) is 1. The fraction of sp³-hybridized carbons (Fsp3) is 0.577. The third-order valence-electron chi connectivity index (χ3n) is 7.51. The Morgan fingerprint density at radius 1 is 1.00 bits per heavy atom. The van der Waals surface area contributed by atoms with E-state index in [0.717, 1.165) is 64.0 Å². The summed E-state index contributed by atoms with van der Waals surface area (Å²) in [6.07, 6.45) is 7.60. The molecule has 0 unspecified atom stereocenters. The van der Waals surface area contributed by atoms with E-state index in [-0.39, 0.29) is 0 Å². The molecule has 3 aliphatic heterocycles. The summed E-state index contributed by atoms with van der Waals surface area (Å²) in [6.45, 7) is 7.67. The van der Waals surface area contributed by atoms with Gasteiger partial charge in [0.2, 0.25) is 11.9 Å². The first kappa shape index (κ1) is 22.3. The maximum absolute atomic E-state index is 12.8. The predicted molar refractivity (Wildman–Crippen MR) is 130 cm³/mol. The monoisotopic (exact) mass is 448 g/mol. The van der Waals surface area contributed by atoms with Crippen LogP contribution in [0.1, 0.15) is 31.2 Å². The molecule has 0 radical (unpaired) electrons. The molecular weight excluding hydrogens is 412 g/mol. The molecule has 1 aromatic carbocycles. The number of hydrogen-bond acceptors (Lipinski definition) is 6. The van der Waals surface area contributed by atoms with Crippen LogP contribution in [-0.2, 0) is 11.3 Å². The van der Waals surface area contributed by atoms with E-state index >= 15 is 0 Å². The van der Waals surface area contributed by atoms with Crippen LogP contribution in [0.5, 0.6) is 0 Å². The summed E-state index contributed by atoms with van der Waals surface area (Å²) in [5.41, 5.74) is 1.41. The Morgan fingerprint density at radius 3 is 2.58 bits per heavy atom. The van der Waals surface area contributed by atoms with Crippen molar-refractivity contribution in [1.82, 2.24) is 25.1 Å². The molecule has 1 aromatic heterocycles. The number of nitrogens with zero attached hydrogens (tertiary/aromatic N) is 5. The molecule has 2 bridgehead atoms. The van der Waals surface area contributed by atoms with Crippen molar-refractivity contribution >= 4 is 11.9 Å². The maximum atomic E-state index is 12.8. The molecule has 0 aliphatic carbocycles. The molecule has 1 N–H and O–H groups in total. The zero-order chi connectivity index (χ0) is 22.5. The van der Waals surface area contributed by atoms with Gasteiger partial charge in [-0.3, -0.25) is 9.69 Å². The van der Waals surface area contributed by atoms with Crippen LogP contribution in [0.25, 0.3) is 0 Å². The highest BCUT2D eigenvalue weighted by Gasteiger charge is 2.36. The van der Waals surface area contributed by atoms with Gasteiger partial charge in [-0.1, -0.05) is 30.3 Å². The molecule has 3 fully saturated rings. The Kier molecular flexibility index (Phi) is 7.17. The first-order valence-corrected chi connectivity index (χ1v) is 12.5. The minimum absolute atomic E-state index is 0.298. The Morgan fingerprint density at radius 2 is 1.79 bits per heavy atom. The van der Waals surface area contributed by atoms with Crippen LogP contribution in [0.15, 0.2) is 48.8 Å². The highest BCUT2D eigenvalue weighted by Crippen LogP contribution is 2.31. The number of piperazine rings is 1. The van der Waals surface area contributed by atoms with Gasteiger partial charge in [-0.05, 0) is 49.3 Å². The topological polar surface area (TPSA) is 64.6 Å². The molecule has 3 aliphatic rings. The molecule has 7 nitrogen and oxygen atoms in total. The number of anilines is 1. The van der Waals surface area contributed by atoms with Crippen molar-refractivity contribution < 1.29 is 4.79 Å². The third-order valence-corrected chi connectivity index (χ3v) is 7.51. The number of carbonyl (C=O) groups is 1. The van der Waals surface area contributed by atoms with Gasteiger partial charge in [0.05, 0.1) is 0 Å². The van der Waals surface area contributed by atoms with Crippen molar-refractivity contribution in [2.45, 2.75) is 38.3 Å². The maximum Gasteiger partial charge on any atom is 0.225 e. The number of carbonyl (C=O) groups excluding carboxylic acids is 1. The highest BCUT2D eigenvalue weighted by atomic mass is 16.2. The molecule has 7 heteroatoms. The van der Waals surface area contributed by atoms with E-state index in [1.54, 1.807) is 12.4 Å². The molecule has 0 spiro atoms. The second-order valence-electron chi connectivity index (χ2n) is 9.87. The molecule has 3 saturated heterocycles. The lowest BCUT2D eigenvalue weighted by Crippen LogP contribution is -2.55. The van der Waals surface area contributed by atoms with Gasteiger partial charge in [-0.15, -0.1) is 0 Å². The van der Waals surface area contributed by atoms with Crippen LogP contribution in [0.2, 0.25) is 0 Å². The Bertz CT molecular complexity index is 886. The molecule has 5 rings (SSSR count). The lowest BCUT2D eigenvalue weighted by atomic mass is 9.79. The fourth-order valence-electron chi connectivity index (χ4n) is 5.82. The second kappa shape index (κ2) is 10.6. The van der Waals surface area contributed by atoms with Gasteiger partial charge in [0.15, 0.2) is 0 Å². The Balaban J connectivity index is 1.05. The van der Waals surface area contributed by atoms with Crippen molar-refractivity contribution in [3.8, 4) is 0 Å². The first-order chi connectivity index (χ1) is 16.2. The molecule has 3 atom stereocenters. The summed E-state index contributed by atoms with van der Waals surface area (Å²) < 4.78 is 0. The van der Waals surface area contributed by atoms with Crippen molar-refractivity contribution in [3.63, 3.8) is 0 Å². The molecular formula is C26H36N6O. The average Bonchev–Trinajstić information content (AvgIpc) is 2.86. The van der Waals surface area contributed by atoms with E-state index in [9.17, 15) is 4.79 Å². The van der Waals surface area contributed by atoms with E-state index in [1.165, 1.54) is 25.1 Å². The van der Waals surface area contributed by atoms with Gasteiger partial charge in [0.1, 0.15) is 0 Å². The van der Waals surface area contributed by atoms with E-state index < -0.39 is 0 Å². The summed E-state index contributed by atoms with van der Waals surface area (Å²) in [4.78, 5) is 28.3. The van der Waals surface area contributed by atoms with Crippen molar-refractivity contribution in [3.05, 3.63) is 54.4 Å². The average molecular weight is 449 g/mol. The molecule has 1 amide bonds. The van der Waals surface area contributed by atoms with Crippen LogP contribution in [0.4, 0.5) is 5.95 Å². The quantitative estimate of drug-likeness (QED) is 0.702. The van der Waals surface area contributed by atoms with Gasteiger partial charge < -0.3 is 15.1 Å². The van der Waals surface area contributed by atoms with Crippen LogP contribution in [-0.4, -0.2) is 77.5 Å². The van der Waals surface area contributed by atoms with Crippen LogP contribution >= 0.6 is 0 Å². The zero-order valence-electron chi connectivity index (χ0n) is 19.5. The van der Waals surface area contributed by atoms with Gasteiger partial charge in [0.25, 0.3) is 0 Å². The van der Waals surface area contributed by atoms with Crippen LogP contribution in [0, 0.1) is 11.8 Å². The van der Waals surface area contributed by atoms with Gasteiger partial charge in [0, 0.05) is 70.7 Å². The van der Waals surface area contributed by atoms with E-state index in [1.807, 2.05) is 11.0 Å². The number of hydrogen-bond donors (Lipinski definition) is 1. The Labute approximate surface area is 197 Å². The van der Waals surface area contributed by atoms with Crippen LogP contribution in [0.3, 0.4) is 0 Å². The Hall–Kier alpha value is -2.51. The predicted octanol–water partition coefficient (Wildman–Crippen LogP) is 2.41. The van der Waals surface area contributed by atoms with Crippen molar-refractivity contribution in [2.24, 2.45) is 11.8 Å². The second-order valence-corrected chi connectivity index (χ2v) is 9.87. The number of aromatic nitrogens is 2. The normalized spacial score (nSPS) is 25.8. The summed E-state index contributed by atoms with van der Waals surface area (Å²) in [6, 6.07) is 13.2. The van der Waals surface area contributed by atoms with Crippen LogP contribution < -0.4 is 10.2 Å². The van der Waals surface area contributed by atoms with Gasteiger partial charge >= 0.3 is 0 Å². The van der Waals surface area contributed by atoms with Crippen molar-refractivity contribution in [2.75, 3.05) is 50.7 Å². The third kappa shape index (κ3) is 5.71. The minimum atomic E-state index is 0.298. The first-order valence-electron chi connectivity index (χ1n) is 12.5. The largest absolute Gasteiger partial charge is 0.339 e. The zero-order valence-corrected chi connectivity index (χ0v) is 19.5. The standard InChI is InChI=1S/C26H36N6O/c33-25(31-12-14-32(15-13-31)26-27-10-5-11-28-26)9-4-8-24-23-16-22(17-29-24)19-30(20-23)18-21-6-2-1-3-7-21/h1-3,5-7,10-11,22-24,29H,4,8-9,12-20H2/t22-,23-,24+/m0/s1. The molecule has 0 saturated carbocycles. The number of piperidine rings is 2. The van der Waals surface area contributed by atoms with Crippen molar-refractivity contribution in [1.29, 1.82) is 0 Å². The van der Waals surface area contributed by atoms with Gasteiger partial charge in [-0.2, -0.15) is 0 Å². The molecule has 33 heavy (non-hydrogen) atoms. The fourth-order valence-corrected chi connectivity index (χ4v) is 5.82. The summed E-state index contributed by atoms with van der Waals surface area (Å²) in [5, 5.41) is 3.81. The molecule has 176 valence electrons. The van der Waals surface area contributed by atoms with E-state index in [0.29, 0.717) is 24.3 Å². The van der Waals surface area contributed by atoms with E-state index in [2.05, 4.69) is 55.4 Å². The summed E-state index contributed by atoms with van der Waals surface area (Å²) in [5.74, 6) is 2.52. The lowest BCUT2D eigenvalue weighted by molar-refractivity contribution is -0.131. The number of amides is 1. The number of rotatable bonds is 7. The van der Waals surface area contributed by atoms with E-state index in [4.69, 9.17) is 0 Å². The smallest absolute Gasteiger partial charge is 0.225 e. The highest BCUT2D eigenvalue weighted by molar-refractivity contribution is 5.76. The number of fused-ring (bicyclic) bond motifs is 2.